The van der Waals surface area contributed by atoms with Gasteiger partial charge in [-0.1, -0.05) is 49.4 Å². The fourth-order valence-electron chi connectivity index (χ4n) is 2.46. The van der Waals surface area contributed by atoms with Gasteiger partial charge in [-0.05, 0) is 42.5 Å². The molecule has 0 heterocycles. The van der Waals surface area contributed by atoms with Gasteiger partial charge in [0.25, 0.3) is 0 Å². The van der Waals surface area contributed by atoms with E-state index in [0.29, 0.717) is 12.0 Å². The lowest BCUT2D eigenvalue weighted by Crippen LogP contribution is -2.31. The van der Waals surface area contributed by atoms with Gasteiger partial charge < -0.3 is 10.1 Å². The van der Waals surface area contributed by atoms with Crippen LogP contribution >= 0.6 is 0 Å². The highest BCUT2D eigenvalue weighted by Gasteiger charge is 2.08. The van der Waals surface area contributed by atoms with E-state index in [1.54, 1.807) is 7.11 Å². The van der Waals surface area contributed by atoms with Gasteiger partial charge in [0.15, 0.2) is 0 Å². The van der Waals surface area contributed by atoms with Crippen LogP contribution in [0.1, 0.15) is 30.9 Å². The summed E-state index contributed by atoms with van der Waals surface area (Å²) in [7, 11) is 1.70. The van der Waals surface area contributed by atoms with E-state index in [2.05, 4.69) is 61.6 Å². The lowest BCUT2D eigenvalue weighted by atomic mass is 10.0. The van der Waals surface area contributed by atoms with Gasteiger partial charge in [-0.3, -0.25) is 0 Å². The summed E-state index contributed by atoms with van der Waals surface area (Å²) in [6, 6.07) is 19.4. The molecule has 0 aliphatic heterocycles. The molecule has 112 valence electrons. The first-order valence-corrected chi connectivity index (χ1v) is 7.60. The molecule has 0 saturated carbocycles. The van der Waals surface area contributed by atoms with E-state index >= 15 is 0 Å². The summed E-state index contributed by atoms with van der Waals surface area (Å²) in [5.74, 6) is 1.45. The van der Waals surface area contributed by atoms with Crippen LogP contribution in [0.25, 0.3) is 0 Å². The van der Waals surface area contributed by atoms with Crippen molar-refractivity contribution in [3.8, 4) is 5.75 Å². The molecule has 2 aromatic carbocycles. The topological polar surface area (TPSA) is 21.3 Å². The Hall–Kier alpha value is -1.80. The Balaban J connectivity index is 1.80. The maximum Gasteiger partial charge on any atom is 0.118 e. The molecule has 0 saturated heterocycles. The van der Waals surface area contributed by atoms with Crippen molar-refractivity contribution in [1.29, 1.82) is 0 Å². The molecule has 0 radical (unpaired) electrons. The van der Waals surface area contributed by atoms with Crippen molar-refractivity contribution in [1.82, 2.24) is 5.32 Å². The first-order chi connectivity index (χ1) is 10.2. The molecular weight excluding hydrogens is 258 g/mol. The summed E-state index contributed by atoms with van der Waals surface area (Å²) in [5.41, 5.74) is 2.73. The van der Waals surface area contributed by atoms with Crippen molar-refractivity contribution in [3.05, 3.63) is 65.7 Å². The van der Waals surface area contributed by atoms with E-state index < -0.39 is 0 Å². The molecule has 2 aromatic rings. The van der Waals surface area contributed by atoms with Gasteiger partial charge in [0.2, 0.25) is 0 Å². The van der Waals surface area contributed by atoms with Gasteiger partial charge in [0.05, 0.1) is 7.11 Å². The fraction of sp³-hybridized carbons (Fsp3) is 0.368. The molecule has 0 spiro atoms. The second kappa shape index (κ2) is 7.84. The lowest BCUT2D eigenvalue weighted by molar-refractivity contribution is 0.414. The monoisotopic (exact) mass is 283 g/mol. The number of ether oxygens (including phenoxy) is 1. The molecule has 2 nitrogen and oxygen atoms in total. The van der Waals surface area contributed by atoms with E-state index in [1.165, 1.54) is 11.1 Å². The molecule has 2 unspecified atom stereocenters. The Morgan fingerprint density at radius 3 is 2.24 bits per heavy atom. The molecule has 1 N–H and O–H groups in total. The third-order valence-electron chi connectivity index (χ3n) is 3.84. The third kappa shape index (κ3) is 4.91. The van der Waals surface area contributed by atoms with Crippen LogP contribution in [0.3, 0.4) is 0 Å². The van der Waals surface area contributed by atoms with E-state index in [-0.39, 0.29) is 0 Å². The van der Waals surface area contributed by atoms with Crippen molar-refractivity contribution in [3.63, 3.8) is 0 Å². The van der Waals surface area contributed by atoms with E-state index in [9.17, 15) is 0 Å². The van der Waals surface area contributed by atoms with Gasteiger partial charge in [0, 0.05) is 12.6 Å². The molecule has 2 atom stereocenters. The van der Waals surface area contributed by atoms with Crippen LogP contribution in [0.15, 0.2) is 54.6 Å². The quantitative estimate of drug-likeness (QED) is 0.828. The Morgan fingerprint density at radius 2 is 1.62 bits per heavy atom. The summed E-state index contributed by atoms with van der Waals surface area (Å²) in [4.78, 5) is 0. The second-order valence-electron chi connectivity index (χ2n) is 5.67. The maximum absolute atomic E-state index is 5.19. The van der Waals surface area contributed by atoms with Crippen molar-refractivity contribution >= 4 is 0 Å². The number of nitrogens with one attached hydrogen (secondary N) is 1. The normalized spacial score (nSPS) is 13.7. The molecule has 0 aliphatic rings. The molecule has 21 heavy (non-hydrogen) atoms. The van der Waals surface area contributed by atoms with Gasteiger partial charge in [-0.2, -0.15) is 0 Å². The van der Waals surface area contributed by atoms with Crippen molar-refractivity contribution in [2.45, 2.75) is 32.2 Å². The first-order valence-electron chi connectivity index (χ1n) is 7.60. The standard InChI is InChI=1S/C19H25NO/c1-15(18-7-5-4-6-8-18)14-20-16(2)13-17-9-11-19(21-3)12-10-17/h4-12,15-16,20H,13-14H2,1-3H3. The highest BCUT2D eigenvalue weighted by molar-refractivity contribution is 5.27. The van der Waals surface area contributed by atoms with Crippen molar-refractivity contribution in [2.24, 2.45) is 0 Å². The predicted molar refractivity (Wildman–Crippen MR) is 89.0 cm³/mol. The Bertz CT molecular complexity index is 521. The minimum absolute atomic E-state index is 0.463. The van der Waals surface area contributed by atoms with Crippen LogP contribution < -0.4 is 10.1 Å². The molecular formula is C19H25NO. The Morgan fingerprint density at radius 1 is 0.952 bits per heavy atom. The number of hydrogen-bond donors (Lipinski definition) is 1. The smallest absolute Gasteiger partial charge is 0.118 e. The summed E-state index contributed by atoms with van der Waals surface area (Å²) in [5, 5.41) is 3.63. The number of methoxy groups -OCH3 is 1. The maximum atomic E-state index is 5.19. The predicted octanol–water partition coefficient (Wildman–Crippen LogP) is 4.02. The third-order valence-corrected chi connectivity index (χ3v) is 3.84. The van der Waals surface area contributed by atoms with Crippen LogP contribution in [0.5, 0.6) is 5.75 Å². The van der Waals surface area contributed by atoms with Crippen LogP contribution in [0.4, 0.5) is 0 Å². The van der Waals surface area contributed by atoms with Gasteiger partial charge in [-0.25, -0.2) is 0 Å². The first kappa shape index (κ1) is 15.6. The SMILES string of the molecule is COc1ccc(CC(C)NCC(C)c2ccccc2)cc1. The highest BCUT2D eigenvalue weighted by atomic mass is 16.5. The van der Waals surface area contributed by atoms with Crippen molar-refractivity contribution in [2.75, 3.05) is 13.7 Å². The average molecular weight is 283 g/mol. The number of benzene rings is 2. The molecule has 0 bridgehead atoms. The largest absolute Gasteiger partial charge is 0.497 e. The zero-order valence-electron chi connectivity index (χ0n) is 13.2. The molecule has 0 aromatic heterocycles. The molecule has 0 amide bonds. The van der Waals surface area contributed by atoms with E-state index in [1.807, 2.05) is 12.1 Å². The minimum Gasteiger partial charge on any atom is -0.497 e. The number of hydrogen-bond acceptors (Lipinski definition) is 2. The van der Waals surface area contributed by atoms with Crippen LogP contribution in [-0.4, -0.2) is 19.7 Å². The van der Waals surface area contributed by atoms with Gasteiger partial charge in [-0.15, -0.1) is 0 Å². The van der Waals surface area contributed by atoms with Crippen LogP contribution in [0.2, 0.25) is 0 Å². The van der Waals surface area contributed by atoms with Gasteiger partial charge >= 0.3 is 0 Å². The Labute approximate surface area is 128 Å². The summed E-state index contributed by atoms with van der Waals surface area (Å²) in [6.45, 7) is 5.51. The molecule has 2 rings (SSSR count). The molecule has 0 aliphatic carbocycles. The van der Waals surface area contributed by atoms with Crippen LogP contribution in [0, 0.1) is 0 Å². The van der Waals surface area contributed by atoms with E-state index in [0.717, 1.165) is 18.7 Å². The summed E-state index contributed by atoms with van der Waals surface area (Å²) >= 11 is 0. The van der Waals surface area contributed by atoms with Crippen molar-refractivity contribution < 1.29 is 4.74 Å². The number of rotatable bonds is 7. The molecule has 0 fully saturated rings. The summed E-state index contributed by atoms with van der Waals surface area (Å²) in [6.07, 6.45) is 1.03. The van der Waals surface area contributed by atoms with Crippen LogP contribution in [-0.2, 0) is 6.42 Å². The average Bonchev–Trinajstić information content (AvgIpc) is 2.54. The van der Waals surface area contributed by atoms with Gasteiger partial charge in [0.1, 0.15) is 5.75 Å². The minimum atomic E-state index is 0.463. The Kier molecular flexibility index (Phi) is 5.82. The highest BCUT2D eigenvalue weighted by Crippen LogP contribution is 2.15. The zero-order valence-corrected chi connectivity index (χ0v) is 13.2. The molecule has 2 heteroatoms. The lowest BCUT2D eigenvalue weighted by Gasteiger charge is -2.18. The zero-order chi connectivity index (χ0) is 15.1. The fourth-order valence-corrected chi connectivity index (χ4v) is 2.46. The second-order valence-corrected chi connectivity index (χ2v) is 5.67. The summed E-state index contributed by atoms with van der Waals surface area (Å²) < 4.78 is 5.19. The van der Waals surface area contributed by atoms with E-state index in [4.69, 9.17) is 4.74 Å².